The summed E-state index contributed by atoms with van der Waals surface area (Å²) in [5.74, 6) is 1.14. The average molecular weight is 676 g/mol. The normalized spacial score (nSPS) is 14.4. The minimum absolute atomic E-state index is 0.0828. The van der Waals surface area contributed by atoms with Crippen LogP contribution >= 0.6 is 23.2 Å². The van der Waals surface area contributed by atoms with Crippen LogP contribution < -0.4 is 31.9 Å². The van der Waals surface area contributed by atoms with Crippen LogP contribution in [0, 0.1) is 6.92 Å². The van der Waals surface area contributed by atoms with Gasteiger partial charge in [0.1, 0.15) is 17.0 Å². The molecule has 4 heterocycles. The van der Waals surface area contributed by atoms with Gasteiger partial charge in [-0.1, -0.05) is 59.6 Å². The molecule has 1 aliphatic rings. The number of pyridine rings is 1. The Kier molecular flexibility index (Phi) is 9.00. The Bertz CT molecular complexity index is 2160. The second-order valence-corrected chi connectivity index (χ2v) is 12.0. The van der Waals surface area contributed by atoms with Crippen molar-refractivity contribution in [2.24, 2.45) is 14.1 Å². The molecule has 1 fully saturated rings. The van der Waals surface area contributed by atoms with E-state index in [9.17, 15) is 14.4 Å². The van der Waals surface area contributed by atoms with Crippen LogP contribution in [0.4, 0.5) is 11.5 Å². The lowest BCUT2D eigenvalue weighted by Gasteiger charge is -2.16. The highest BCUT2D eigenvalue weighted by Crippen LogP contribution is 2.42. The highest BCUT2D eigenvalue weighted by Gasteiger charge is 2.22. The molecule has 5 aromatic rings. The summed E-state index contributed by atoms with van der Waals surface area (Å²) in [4.78, 5) is 50.7. The van der Waals surface area contributed by atoms with E-state index in [2.05, 4.69) is 25.9 Å². The number of hydrogen-bond acceptors (Lipinski definition) is 9. The standard InChI is InChI=1S/C33H32Cl2N8O4/c1-17-37-29(26-30(38-17)42(2)33(46)43(3)32(26)45)40-24-10-6-8-21(28(24)35)20-7-5-9-22(27(20)34)23-13-11-18(31(41-23)47-4)15-36-16-19-12-14-25(44)39-19/h5-11,13,19,36H,12,14-16H2,1-4H3,(H,39,44)(H,37,38,40)/t19-/m1/s1. The molecule has 1 amide bonds. The fourth-order valence-corrected chi connectivity index (χ4v) is 6.30. The topological polar surface area (TPSA) is 145 Å². The van der Waals surface area contributed by atoms with Crippen molar-refractivity contribution in [3.8, 4) is 28.3 Å². The van der Waals surface area contributed by atoms with Crippen molar-refractivity contribution in [2.45, 2.75) is 32.4 Å². The summed E-state index contributed by atoms with van der Waals surface area (Å²) in [6.45, 7) is 2.86. The zero-order valence-corrected chi connectivity index (χ0v) is 27.7. The van der Waals surface area contributed by atoms with Gasteiger partial charge in [0.2, 0.25) is 11.8 Å². The molecule has 0 aliphatic carbocycles. The van der Waals surface area contributed by atoms with E-state index in [0.29, 0.717) is 69.3 Å². The Morgan fingerprint density at radius 2 is 1.66 bits per heavy atom. The lowest BCUT2D eigenvalue weighted by molar-refractivity contribution is -0.119. The maximum atomic E-state index is 13.1. The summed E-state index contributed by atoms with van der Waals surface area (Å²) in [5.41, 5.74) is 3.17. The largest absolute Gasteiger partial charge is 0.481 e. The smallest absolute Gasteiger partial charge is 0.332 e. The third-order valence-electron chi connectivity index (χ3n) is 8.15. The third kappa shape index (κ3) is 6.19. The fourth-order valence-electron chi connectivity index (χ4n) is 5.70. The van der Waals surface area contributed by atoms with Crippen LogP contribution in [-0.4, -0.2) is 49.7 Å². The number of carbonyl (C=O) groups is 1. The van der Waals surface area contributed by atoms with E-state index in [1.165, 1.54) is 11.6 Å². The Balaban J connectivity index is 1.31. The highest BCUT2D eigenvalue weighted by molar-refractivity contribution is 6.39. The summed E-state index contributed by atoms with van der Waals surface area (Å²) in [6, 6.07) is 15.0. The number of carbonyl (C=O) groups excluding carboxylic acids is 1. The number of amides is 1. The van der Waals surface area contributed by atoms with Crippen LogP contribution in [0.1, 0.15) is 24.2 Å². The van der Waals surface area contributed by atoms with E-state index < -0.39 is 11.2 Å². The molecule has 1 saturated heterocycles. The number of benzene rings is 2. The van der Waals surface area contributed by atoms with Crippen LogP contribution in [0.2, 0.25) is 10.0 Å². The molecule has 0 spiro atoms. The zero-order valence-electron chi connectivity index (χ0n) is 26.1. The second-order valence-electron chi connectivity index (χ2n) is 11.3. The highest BCUT2D eigenvalue weighted by atomic mass is 35.5. The minimum atomic E-state index is -0.527. The molecule has 6 rings (SSSR count). The number of halogens is 2. The number of nitrogens with zero attached hydrogens (tertiary/aromatic N) is 5. The number of aryl methyl sites for hydroxylation is 2. The van der Waals surface area contributed by atoms with Gasteiger partial charge < -0.3 is 20.7 Å². The second kappa shape index (κ2) is 13.1. The Hall–Kier alpha value is -4.78. The molecule has 3 aromatic heterocycles. The molecular formula is C33H32Cl2N8O4. The molecular weight excluding hydrogens is 643 g/mol. The van der Waals surface area contributed by atoms with Crippen LogP contribution in [-0.2, 0) is 25.4 Å². The van der Waals surface area contributed by atoms with Crippen molar-refractivity contribution in [1.82, 2.24) is 34.7 Å². The SMILES string of the molecule is COc1nc(-c2cccc(-c3cccc(Nc4nc(C)nc5c4c(=O)n(C)c(=O)n5C)c3Cl)c2Cl)ccc1CNC[C@H]1CCC(=O)N1. The number of methoxy groups -OCH3 is 1. The molecule has 1 atom stereocenters. The number of fused-ring (bicyclic) bond motifs is 1. The van der Waals surface area contributed by atoms with Crippen molar-refractivity contribution in [3.63, 3.8) is 0 Å². The average Bonchev–Trinajstić information content (AvgIpc) is 3.48. The van der Waals surface area contributed by atoms with Gasteiger partial charge in [-0.15, -0.1) is 0 Å². The summed E-state index contributed by atoms with van der Waals surface area (Å²) in [7, 11) is 4.53. The molecule has 1 aliphatic heterocycles. The predicted molar refractivity (Wildman–Crippen MR) is 183 cm³/mol. The number of hydrogen-bond donors (Lipinski definition) is 3. The van der Waals surface area contributed by atoms with E-state index in [1.807, 2.05) is 42.5 Å². The van der Waals surface area contributed by atoms with Gasteiger partial charge in [0.15, 0.2) is 5.65 Å². The minimum Gasteiger partial charge on any atom is -0.481 e. The summed E-state index contributed by atoms with van der Waals surface area (Å²) >= 11 is 14.0. The first-order chi connectivity index (χ1) is 22.6. The summed E-state index contributed by atoms with van der Waals surface area (Å²) < 4.78 is 7.94. The molecule has 12 nitrogen and oxygen atoms in total. The number of ether oxygens (including phenoxy) is 1. The van der Waals surface area contributed by atoms with Gasteiger partial charge in [0, 0.05) is 61.9 Å². The molecule has 14 heteroatoms. The predicted octanol–water partition coefficient (Wildman–Crippen LogP) is 4.49. The van der Waals surface area contributed by atoms with Crippen molar-refractivity contribution in [3.05, 3.63) is 90.8 Å². The van der Waals surface area contributed by atoms with Gasteiger partial charge in [-0.3, -0.25) is 18.7 Å². The molecule has 2 aromatic carbocycles. The van der Waals surface area contributed by atoms with E-state index in [1.54, 1.807) is 27.1 Å². The Morgan fingerprint density at radius 1 is 0.936 bits per heavy atom. The quantitative estimate of drug-likeness (QED) is 0.206. The molecule has 3 N–H and O–H groups in total. The molecule has 242 valence electrons. The molecule has 0 bridgehead atoms. The number of nitrogens with one attached hydrogen (secondary N) is 3. The van der Waals surface area contributed by atoms with Crippen molar-refractivity contribution in [1.29, 1.82) is 0 Å². The van der Waals surface area contributed by atoms with Gasteiger partial charge in [-0.05, 0) is 25.5 Å². The first-order valence-electron chi connectivity index (χ1n) is 14.9. The zero-order chi connectivity index (χ0) is 33.4. The van der Waals surface area contributed by atoms with Crippen LogP contribution in [0.15, 0.2) is 58.1 Å². The van der Waals surface area contributed by atoms with Crippen LogP contribution in [0.25, 0.3) is 33.4 Å². The summed E-state index contributed by atoms with van der Waals surface area (Å²) in [5, 5.41) is 10.5. The van der Waals surface area contributed by atoms with E-state index in [-0.39, 0.29) is 28.8 Å². The fraction of sp³-hybridized carbons (Fsp3) is 0.273. The van der Waals surface area contributed by atoms with E-state index >= 15 is 0 Å². The lowest BCUT2D eigenvalue weighted by atomic mass is 10.00. The van der Waals surface area contributed by atoms with E-state index in [4.69, 9.17) is 32.9 Å². The monoisotopic (exact) mass is 674 g/mol. The maximum absolute atomic E-state index is 13.1. The van der Waals surface area contributed by atoms with Crippen molar-refractivity contribution < 1.29 is 9.53 Å². The van der Waals surface area contributed by atoms with Gasteiger partial charge in [-0.2, -0.15) is 0 Å². The molecule has 0 saturated carbocycles. The number of anilines is 2. The molecule has 0 unspecified atom stereocenters. The summed E-state index contributed by atoms with van der Waals surface area (Å²) in [6.07, 6.45) is 1.37. The first-order valence-corrected chi connectivity index (χ1v) is 15.7. The first kappa shape index (κ1) is 32.2. The number of aromatic nitrogens is 5. The molecule has 0 radical (unpaired) electrons. The van der Waals surface area contributed by atoms with E-state index in [0.717, 1.165) is 16.6 Å². The Morgan fingerprint density at radius 3 is 2.38 bits per heavy atom. The van der Waals surface area contributed by atoms with Gasteiger partial charge in [0.05, 0.1) is 28.5 Å². The van der Waals surface area contributed by atoms with Gasteiger partial charge in [0.25, 0.3) is 5.56 Å². The third-order valence-corrected chi connectivity index (χ3v) is 8.97. The van der Waals surface area contributed by atoms with Crippen LogP contribution in [0.5, 0.6) is 5.88 Å². The molecule has 47 heavy (non-hydrogen) atoms. The maximum Gasteiger partial charge on any atom is 0.332 e. The Labute approximate surface area is 279 Å². The van der Waals surface area contributed by atoms with Gasteiger partial charge in [-0.25, -0.2) is 19.7 Å². The lowest BCUT2D eigenvalue weighted by Crippen LogP contribution is -2.37. The van der Waals surface area contributed by atoms with Crippen LogP contribution in [0.3, 0.4) is 0 Å². The number of rotatable bonds is 9. The van der Waals surface area contributed by atoms with Crippen molar-refractivity contribution >= 4 is 51.6 Å². The van der Waals surface area contributed by atoms with Crippen molar-refractivity contribution in [2.75, 3.05) is 19.0 Å². The van der Waals surface area contributed by atoms with Gasteiger partial charge >= 0.3 is 5.69 Å².